The van der Waals surface area contributed by atoms with Crippen LogP contribution in [0.25, 0.3) is 0 Å². The molecule has 146 valence electrons. The Kier molecular flexibility index (Phi) is 9.38. The van der Waals surface area contributed by atoms with Gasteiger partial charge in [0.05, 0.1) is 6.54 Å². The van der Waals surface area contributed by atoms with Gasteiger partial charge in [-0.2, -0.15) is 0 Å². The lowest BCUT2D eigenvalue weighted by Crippen LogP contribution is -2.33. The Labute approximate surface area is 178 Å². The molecular weight excluding hydrogens is 451 g/mol. The lowest BCUT2D eigenvalue weighted by Gasteiger charge is -2.22. The van der Waals surface area contributed by atoms with Crippen molar-refractivity contribution in [3.63, 3.8) is 0 Å². The van der Waals surface area contributed by atoms with Crippen LogP contribution in [0, 0.1) is 0 Å². The molecule has 1 aliphatic carbocycles. The number of nitrogens with two attached hydrogens (primary N) is 1. The second-order valence-corrected chi connectivity index (χ2v) is 6.74. The monoisotopic (exact) mass is 480 g/mol. The Bertz CT molecular complexity index is 702. The van der Waals surface area contributed by atoms with E-state index in [1.54, 1.807) is 6.20 Å². The largest absolute Gasteiger partial charge is 0.474 e. The number of ether oxygens (including phenoxy) is 1. The highest BCUT2D eigenvalue weighted by atomic mass is 127. The van der Waals surface area contributed by atoms with Gasteiger partial charge in [-0.25, -0.2) is 9.98 Å². The van der Waals surface area contributed by atoms with E-state index in [0.717, 1.165) is 31.4 Å². The van der Waals surface area contributed by atoms with Crippen molar-refractivity contribution < 1.29 is 4.74 Å². The van der Waals surface area contributed by atoms with Gasteiger partial charge in [0.1, 0.15) is 6.10 Å². The van der Waals surface area contributed by atoms with E-state index in [1.807, 2.05) is 30.3 Å². The second kappa shape index (κ2) is 11.8. The Balaban J connectivity index is 0.00000261. The summed E-state index contributed by atoms with van der Waals surface area (Å²) in [7, 11) is 0. The molecule has 5 nitrogen and oxygen atoms in total. The second-order valence-electron chi connectivity index (χ2n) is 6.74. The molecule has 1 aromatic carbocycles. The van der Waals surface area contributed by atoms with Gasteiger partial charge < -0.3 is 15.8 Å². The maximum atomic E-state index is 6.01. The number of hydrogen-bond acceptors (Lipinski definition) is 3. The van der Waals surface area contributed by atoms with Crippen LogP contribution in [0.3, 0.4) is 0 Å². The van der Waals surface area contributed by atoms with Crippen LogP contribution in [-0.2, 0) is 13.0 Å². The number of pyridine rings is 1. The summed E-state index contributed by atoms with van der Waals surface area (Å²) in [5.74, 6) is 1.16. The van der Waals surface area contributed by atoms with Crippen LogP contribution in [0.1, 0.15) is 43.2 Å². The Morgan fingerprint density at radius 1 is 1.11 bits per heavy atom. The molecule has 0 atom stereocenters. The average Bonchev–Trinajstić information content (AvgIpc) is 2.68. The Morgan fingerprint density at radius 3 is 2.67 bits per heavy atom. The van der Waals surface area contributed by atoms with Crippen LogP contribution >= 0.6 is 24.0 Å². The SMILES string of the molecule is I.NC(=NCc1ccnc(OC2CCCCC2)c1)NCCc1ccccc1. The van der Waals surface area contributed by atoms with E-state index in [9.17, 15) is 0 Å². The molecule has 1 aliphatic rings. The van der Waals surface area contributed by atoms with Gasteiger partial charge in [-0.1, -0.05) is 36.8 Å². The fourth-order valence-electron chi connectivity index (χ4n) is 3.18. The minimum Gasteiger partial charge on any atom is -0.474 e. The van der Waals surface area contributed by atoms with Gasteiger partial charge in [0, 0.05) is 18.8 Å². The number of aromatic nitrogens is 1. The number of halogens is 1. The van der Waals surface area contributed by atoms with Gasteiger partial charge in [0.2, 0.25) is 5.88 Å². The van der Waals surface area contributed by atoms with Gasteiger partial charge in [0.15, 0.2) is 5.96 Å². The van der Waals surface area contributed by atoms with E-state index in [4.69, 9.17) is 10.5 Å². The van der Waals surface area contributed by atoms with Crippen molar-refractivity contribution in [2.75, 3.05) is 6.54 Å². The Morgan fingerprint density at radius 2 is 1.89 bits per heavy atom. The predicted octanol–water partition coefficient (Wildman–Crippen LogP) is 4.06. The molecule has 6 heteroatoms. The number of benzene rings is 1. The molecular formula is C21H29IN4O. The Hall–Kier alpha value is -1.83. The molecule has 0 spiro atoms. The molecule has 1 fully saturated rings. The van der Waals surface area contributed by atoms with Crippen LogP contribution in [0.15, 0.2) is 53.7 Å². The predicted molar refractivity (Wildman–Crippen MR) is 121 cm³/mol. The van der Waals surface area contributed by atoms with Gasteiger partial charge >= 0.3 is 0 Å². The summed E-state index contributed by atoms with van der Waals surface area (Å²) in [5.41, 5.74) is 8.30. The summed E-state index contributed by atoms with van der Waals surface area (Å²) < 4.78 is 6.01. The smallest absolute Gasteiger partial charge is 0.213 e. The first kappa shape index (κ1) is 21.5. The number of nitrogens with one attached hydrogen (secondary N) is 1. The molecule has 0 bridgehead atoms. The first-order valence-corrected chi connectivity index (χ1v) is 9.49. The van der Waals surface area contributed by atoms with Crippen molar-refractivity contribution >= 4 is 29.9 Å². The van der Waals surface area contributed by atoms with Crippen LogP contribution < -0.4 is 15.8 Å². The highest BCUT2D eigenvalue weighted by Crippen LogP contribution is 2.22. The molecule has 1 aromatic heterocycles. The van der Waals surface area contributed by atoms with E-state index in [0.29, 0.717) is 24.5 Å². The van der Waals surface area contributed by atoms with Crippen LogP contribution in [0.5, 0.6) is 5.88 Å². The zero-order valence-electron chi connectivity index (χ0n) is 15.6. The number of rotatable bonds is 7. The lowest BCUT2D eigenvalue weighted by molar-refractivity contribution is 0.148. The molecule has 1 heterocycles. The van der Waals surface area contributed by atoms with Crippen molar-refractivity contribution in [2.24, 2.45) is 10.7 Å². The van der Waals surface area contributed by atoms with Gasteiger partial charge in [-0.05, 0) is 49.3 Å². The van der Waals surface area contributed by atoms with Crippen LogP contribution in [-0.4, -0.2) is 23.6 Å². The summed E-state index contributed by atoms with van der Waals surface area (Å²) >= 11 is 0. The van der Waals surface area contributed by atoms with Crippen molar-refractivity contribution in [2.45, 2.75) is 51.2 Å². The number of nitrogens with zero attached hydrogens (tertiary/aromatic N) is 2. The summed E-state index contributed by atoms with van der Waals surface area (Å²) in [4.78, 5) is 8.74. The minimum absolute atomic E-state index is 0. The van der Waals surface area contributed by atoms with Crippen LogP contribution in [0.2, 0.25) is 0 Å². The molecule has 2 aromatic rings. The minimum atomic E-state index is 0. The third-order valence-corrected chi connectivity index (χ3v) is 4.63. The highest BCUT2D eigenvalue weighted by molar-refractivity contribution is 14.0. The van der Waals surface area contributed by atoms with Crippen LogP contribution in [0.4, 0.5) is 0 Å². The standard InChI is InChI=1S/C21H28N4O.HI/c22-21(24-14-11-17-7-3-1-4-8-17)25-16-18-12-13-23-20(15-18)26-19-9-5-2-6-10-19;/h1,3-4,7-8,12-13,15,19H,2,5-6,9-11,14,16H2,(H3,22,24,25);1H. The molecule has 3 N–H and O–H groups in total. The molecule has 3 rings (SSSR count). The van der Waals surface area contributed by atoms with Crippen molar-refractivity contribution in [1.82, 2.24) is 10.3 Å². The molecule has 0 unspecified atom stereocenters. The van der Waals surface area contributed by atoms with Gasteiger partial charge in [-0.3, -0.25) is 0 Å². The highest BCUT2D eigenvalue weighted by Gasteiger charge is 2.15. The summed E-state index contributed by atoms with van der Waals surface area (Å²) in [6, 6.07) is 14.3. The fraction of sp³-hybridized carbons (Fsp3) is 0.429. The first-order valence-electron chi connectivity index (χ1n) is 9.49. The molecule has 27 heavy (non-hydrogen) atoms. The van der Waals surface area contributed by atoms with E-state index >= 15 is 0 Å². The van der Waals surface area contributed by atoms with E-state index in [-0.39, 0.29) is 24.0 Å². The molecule has 0 radical (unpaired) electrons. The quantitative estimate of drug-likeness (QED) is 0.356. The molecule has 0 amide bonds. The van der Waals surface area contributed by atoms with E-state index in [2.05, 4.69) is 27.4 Å². The van der Waals surface area contributed by atoms with Crippen molar-refractivity contribution in [3.8, 4) is 5.88 Å². The molecule has 1 saturated carbocycles. The number of hydrogen-bond donors (Lipinski definition) is 2. The third-order valence-electron chi connectivity index (χ3n) is 4.63. The van der Waals surface area contributed by atoms with Crippen molar-refractivity contribution in [3.05, 3.63) is 59.8 Å². The van der Waals surface area contributed by atoms with Crippen molar-refractivity contribution in [1.29, 1.82) is 0 Å². The number of aliphatic imine (C=N–C) groups is 1. The maximum absolute atomic E-state index is 6.01. The maximum Gasteiger partial charge on any atom is 0.213 e. The normalized spacial score (nSPS) is 15.0. The van der Waals surface area contributed by atoms with E-state index in [1.165, 1.54) is 24.8 Å². The summed E-state index contributed by atoms with van der Waals surface area (Å²) in [6.45, 7) is 1.29. The molecule has 0 saturated heterocycles. The number of guanidine groups is 1. The van der Waals surface area contributed by atoms with E-state index < -0.39 is 0 Å². The summed E-state index contributed by atoms with van der Waals surface area (Å²) in [6.07, 6.45) is 9.08. The zero-order valence-corrected chi connectivity index (χ0v) is 18.0. The van der Waals surface area contributed by atoms with Gasteiger partial charge in [0.25, 0.3) is 0 Å². The first-order chi connectivity index (χ1) is 12.8. The summed E-state index contributed by atoms with van der Waals surface area (Å²) in [5, 5.41) is 3.16. The fourth-order valence-corrected chi connectivity index (χ4v) is 3.18. The third kappa shape index (κ3) is 7.74. The topological polar surface area (TPSA) is 72.5 Å². The zero-order chi connectivity index (χ0) is 18.0. The lowest BCUT2D eigenvalue weighted by atomic mass is 9.98. The molecule has 0 aliphatic heterocycles. The average molecular weight is 480 g/mol. The van der Waals surface area contributed by atoms with Gasteiger partial charge in [-0.15, -0.1) is 24.0 Å².